The Balaban J connectivity index is 0.000000105. The lowest BCUT2D eigenvalue weighted by Gasteiger charge is -2.16. The Bertz CT molecular complexity index is 8830. The van der Waals surface area contributed by atoms with Crippen LogP contribution in [0.5, 0.6) is 0 Å². The first-order valence-electron chi connectivity index (χ1n) is 42.7. The third kappa shape index (κ3) is 12.2. The van der Waals surface area contributed by atoms with E-state index in [1.807, 2.05) is 36.4 Å². The maximum absolute atomic E-state index is 6.46. The Kier molecular flexibility index (Phi) is 17.3. The van der Waals surface area contributed by atoms with Gasteiger partial charge in [0.15, 0.2) is 0 Å². The first kappa shape index (κ1) is 72.6. The van der Waals surface area contributed by atoms with Gasteiger partial charge in [-0.05, 0) is 185 Å². The number of furan rings is 3. The molecule has 125 heavy (non-hydrogen) atoms. The van der Waals surface area contributed by atoms with Crippen LogP contribution >= 0.6 is 0 Å². The first-order chi connectivity index (χ1) is 61.8. The van der Waals surface area contributed by atoms with Crippen molar-refractivity contribution < 1.29 is 13.3 Å². The molecule has 0 atom stereocenters. The molecule has 0 aliphatic rings. The fraction of sp³-hybridized carbons (Fsp3) is 0.0168. The number of benzene rings is 20. The van der Waals surface area contributed by atoms with E-state index in [2.05, 4.69) is 396 Å². The number of fused-ring (bicyclic) bond motifs is 27. The molecular weight excluding hydrogens is 1520 g/mol. The van der Waals surface area contributed by atoms with Crippen LogP contribution in [0.2, 0.25) is 0 Å². The maximum Gasteiger partial charge on any atom is 0.143 e. The molecule has 584 valence electrons. The van der Waals surface area contributed by atoms with Crippen LogP contribution in [0.1, 0.15) is 11.1 Å². The monoisotopic (exact) mass is 1590 g/mol. The smallest absolute Gasteiger partial charge is 0.143 e. The molecule has 0 amide bonds. The molecule has 26 rings (SSSR count). The Hall–Kier alpha value is -16.4. The fourth-order valence-corrected chi connectivity index (χ4v) is 19.6. The summed E-state index contributed by atoms with van der Waals surface area (Å²) >= 11 is 0. The molecule has 6 heteroatoms. The highest BCUT2D eigenvalue weighted by Crippen LogP contribution is 2.47. The van der Waals surface area contributed by atoms with E-state index in [1.165, 1.54) is 97.5 Å². The second kappa shape index (κ2) is 29.8. The Morgan fingerprint density at radius 3 is 0.832 bits per heavy atom. The van der Waals surface area contributed by atoms with Gasteiger partial charge in [0.25, 0.3) is 0 Å². The highest BCUT2D eigenvalue weighted by atomic mass is 16.3. The Morgan fingerprint density at radius 1 is 0.152 bits per heavy atom. The average Bonchev–Trinajstić information content (AvgIpc) is 1.01. The number of rotatable bonds is 8. The van der Waals surface area contributed by atoms with Gasteiger partial charge >= 0.3 is 0 Å². The van der Waals surface area contributed by atoms with Crippen molar-refractivity contribution in [2.24, 2.45) is 0 Å². The lowest BCUT2D eigenvalue weighted by molar-refractivity contribution is 0.669. The number of aryl methyl sites for hydroxylation is 2. The summed E-state index contributed by atoms with van der Waals surface area (Å²) in [6.07, 6.45) is 0. The summed E-state index contributed by atoms with van der Waals surface area (Å²) in [5.74, 6) is 0. The zero-order valence-corrected chi connectivity index (χ0v) is 68.4. The number of nitrogens with zero attached hydrogens (tertiary/aromatic N) is 3. The largest absolute Gasteiger partial charge is 0.455 e. The number of hydrogen-bond acceptors (Lipinski definition) is 6. The van der Waals surface area contributed by atoms with Crippen molar-refractivity contribution in [1.29, 1.82) is 0 Å². The zero-order valence-electron chi connectivity index (χ0n) is 68.4. The molecule has 0 spiro atoms. The van der Waals surface area contributed by atoms with Crippen molar-refractivity contribution >= 4 is 163 Å². The van der Waals surface area contributed by atoms with Crippen LogP contribution in [0, 0.1) is 13.8 Å². The minimum atomic E-state index is 0.906. The maximum atomic E-state index is 6.46. The summed E-state index contributed by atoms with van der Waals surface area (Å²) in [7, 11) is 0. The summed E-state index contributed by atoms with van der Waals surface area (Å²) in [5.41, 5.74) is 28.7. The molecule has 0 N–H and O–H groups in total. The SMILES string of the molecule is Cc1cc(-c2cccc3c2oc2ccccc23)c(C)cc1-c1ccc2c3ccccc3c3ccccc3c2n1.c1cc(-c2cccc(-c3cccc4c3oc3ccccc34)c2)cc(-c2ccc3c4ccccc4c4ccccc4c3n2)c1.c1ccc(-c2ccccc2-c2cccc3c2oc2ccccc23)c(-c2ccc3c4ccccc4c4ccccc4c3n2)c1. The van der Waals surface area contributed by atoms with Gasteiger partial charge in [0.05, 0.1) is 33.6 Å². The van der Waals surface area contributed by atoms with E-state index in [-0.39, 0.29) is 0 Å². The van der Waals surface area contributed by atoms with Gasteiger partial charge in [-0.1, -0.05) is 346 Å². The van der Waals surface area contributed by atoms with Gasteiger partial charge in [-0.3, -0.25) is 0 Å². The normalized spacial score (nSPS) is 11.8. The van der Waals surface area contributed by atoms with Crippen LogP contribution in [0.25, 0.3) is 253 Å². The summed E-state index contributed by atoms with van der Waals surface area (Å²) in [5, 5.41) is 25.2. The number of para-hydroxylation sites is 6. The standard InChI is InChI=1S/2C41H25NO.C37H25NO/c1-3-16-30-27(13-1)29-15-6-8-20-34(29)40-35(30)24-25-38(42-40)32-18-7-5-14-28(32)26-12-2-4-17-31(26)36-21-11-22-37-33-19-9-10-23-39(33)43-41(36)37;1-2-16-33-31(14-1)32-15-3-4-18-35(32)40-36(33)22-23-38(42-40)29-13-8-11-27(25-29)26-10-7-12-28(24-26)30-19-9-20-37-34-17-5-6-21-39(34)43-41(30)37;1-22-21-33(23(2)20-32(22)31-16-9-15-30-27-13-7-8-17-35(27)39-37(30)31)34-19-18-29-26-12-4-3-10-24(26)25-11-5-6-14-28(25)36(29)38-34/h2*1-25H;3-21H,1-2H3. The molecule has 6 aromatic heterocycles. The van der Waals surface area contributed by atoms with Gasteiger partial charge in [0.2, 0.25) is 0 Å². The minimum absolute atomic E-state index is 0.906. The van der Waals surface area contributed by atoms with E-state index in [1.54, 1.807) is 0 Å². The molecule has 0 radical (unpaired) electrons. The summed E-state index contributed by atoms with van der Waals surface area (Å²) in [6.45, 7) is 4.37. The quantitative estimate of drug-likeness (QED) is 0.141. The van der Waals surface area contributed by atoms with Crippen molar-refractivity contribution in [3.05, 3.63) is 430 Å². The number of pyridine rings is 3. The summed E-state index contributed by atoms with van der Waals surface area (Å²) in [4.78, 5) is 15.9. The molecule has 0 aliphatic heterocycles. The average molecular weight is 1590 g/mol. The first-order valence-corrected chi connectivity index (χ1v) is 42.7. The summed E-state index contributed by atoms with van der Waals surface area (Å²) in [6, 6.07) is 148. The van der Waals surface area contributed by atoms with E-state index in [0.29, 0.717) is 0 Å². The second-order valence-electron chi connectivity index (χ2n) is 32.6. The Morgan fingerprint density at radius 2 is 0.400 bits per heavy atom. The van der Waals surface area contributed by atoms with Gasteiger partial charge in [0.1, 0.15) is 33.5 Å². The number of aromatic nitrogens is 3. The van der Waals surface area contributed by atoms with Gasteiger partial charge < -0.3 is 13.3 Å². The molecular formula is C119H75N3O3. The van der Waals surface area contributed by atoms with Crippen molar-refractivity contribution in [2.45, 2.75) is 13.8 Å². The van der Waals surface area contributed by atoms with Crippen LogP contribution in [0.4, 0.5) is 0 Å². The van der Waals surface area contributed by atoms with Crippen LogP contribution in [0.3, 0.4) is 0 Å². The fourth-order valence-electron chi connectivity index (χ4n) is 19.6. The highest BCUT2D eigenvalue weighted by Gasteiger charge is 2.23. The molecule has 6 nitrogen and oxygen atoms in total. The van der Waals surface area contributed by atoms with Crippen LogP contribution in [0.15, 0.2) is 432 Å². The molecule has 0 saturated carbocycles. The van der Waals surface area contributed by atoms with Crippen LogP contribution < -0.4 is 0 Å². The van der Waals surface area contributed by atoms with Crippen LogP contribution in [-0.4, -0.2) is 15.0 Å². The molecule has 0 aliphatic carbocycles. The van der Waals surface area contributed by atoms with Crippen LogP contribution in [-0.2, 0) is 0 Å². The minimum Gasteiger partial charge on any atom is -0.455 e. The lowest BCUT2D eigenvalue weighted by Crippen LogP contribution is -1.94. The van der Waals surface area contributed by atoms with Gasteiger partial charge in [0, 0.05) is 98.0 Å². The van der Waals surface area contributed by atoms with Gasteiger partial charge in [-0.2, -0.15) is 0 Å². The van der Waals surface area contributed by atoms with Gasteiger partial charge in [-0.25, -0.2) is 15.0 Å². The molecule has 0 bridgehead atoms. The molecule has 20 aromatic carbocycles. The summed E-state index contributed by atoms with van der Waals surface area (Å²) < 4.78 is 19.2. The van der Waals surface area contributed by atoms with Crippen molar-refractivity contribution in [2.75, 3.05) is 0 Å². The van der Waals surface area contributed by atoms with Crippen molar-refractivity contribution in [1.82, 2.24) is 15.0 Å². The highest BCUT2D eigenvalue weighted by molar-refractivity contribution is 6.27. The molecule has 26 aromatic rings. The number of hydrogen-bond donors (Lipinski definition) is 0. The van der Waals surface area contributed by atoms with E-state index >= 15 is 0 Å². The zero-order chi connectivity index (χ0) is 82.7. The molecule has 0 unspecified atom stereocenters. The lowest BCUT2D eigenvalue weighted by atomic mass is 9.89. The predicted octanol–water partition coefficient (Wildman–Crippen LogP) is 33.3. The van der Waals surface area contributed by atoms with E-state index < -0.39 is 0 Å². The Labute approximate surface area is 719 Å². The van der Waals surface area contributed by atoms with E-state index in [0.717, 1.165) is 166 Å². The third-order valence-corrected chi connectivity index (χ3v) is 25.5. The predicted molar refractivity (Wildman–Crippen MR) is 525 cm³/mol. The van der Waals surface area contributed by atoms with E-state index in [4.69, 9.17) is 28.2 Å². The van der Waals surface area contributed by atoms with Gasteiger partial charge in [-0.15, -0.1) is 0 Å². The van der Waals surface area contributed by atoms with Crippen molar-refractivity contribution in [3.63, 3.8) is 0 Å². The second-order valence-corrected chi connectivity index (χ2v) is 32.6. The third-order valence-electron chi connectivity index (χ3n) is 25.5. The van der Waals surface area contributed by atoms with Crippen molar-refractivity contribution in [3.8, 4) is 89.4 Å². The topological polar surface area (TPSA) is 78.1 Å². The molecule has 0 fully saturated rings. The van der Waals surface area contributed by atoms with E-state index in [9.17, 15) is 0 Å². The molecule has 0 saturated heterocycles. The molecule has 6 heterocycles.